The molecule has 0 aliphatic rings. The van der Waals surface area contributed by atoms with Crippen LogP contribution < -0.4 is 10.9 Å². The molecular formula is C19H21N5O4S. The van der Waals surface area contributed by atoms with Gasteiger partial charge in [-0.15, -0.1) is 5.10 Å². The molecule has 0 aliphatic carbocycles. The van der Waals surface area contributed by atoms with Crippen LogP contribution in [0, 0.1) is 0 Å². The molecule has 2 aromatic carbocycles. The first-order valence-electron chi connectivity index (χ1n) is 9.09. The predicted octanol–water partition coefficient (Wildman–Crippen LogP) is 1.46. The van der Waals surface area contributed by atoms with E-state index in [1.807, 2.05) is 0 Å². The van der Waals surface area contributed by atoms with Crippen molar-refractivity contribution in [3.8, 4) is 0 Å². The molecular weight excluding hydrogens is 394 g/mol. The predicted molar refractivity (Wildman–Crippen MR) is 109 cm³/mol. The lowest BCUT2D eigenvalue weighted by atomic mass is 10.2. The van der Waals surface area contributed by atoms with E-state index in [1.54, 1.807) is 50.2 Å². The highest BCUT2D eigenvalue weighted by atomic mass is 32.2. The van der Waals surface area contributed by atoms with Crippen molar-refractivity contribution < 1.29 is 13.2 Å². The van der Waals surface area contributed by atoms with Crippen molar-refractivity contribution in [3.63, 3.8) is 0 Å². The number of anilines is 1. The van der Waals surface area contributed by atoms with Gasteiger partial charge < -0.3 is 5.32 Å². The Kier molecular flexibility index (Phi) is 6.04. The van der Waals surface area contributed by atoms with Crippen LogP contribution in [0.25, 0.3) is 10.9 Å². The number of fused-ring (bicyclic) bond motifs is 1. The average molecular weight is 415 g/mol. The van der Waals surface area contributed by atoms with E-state index in [-0.39, 0.29) is 11.4 Å². The van der Waals surface area contributed by atoms with Gasteiger partial charge in [-0.05, 0) is 30.3 Å². The normalized spacial score (nSPS) is 11.7. The Morgan fingerprint density at radius 2 is 1.83 bits per heavy atom. The number of hydrogen-bond donors (Lipinski definition) is 1. The summed E-state index contributed by atoms with van der Waals surface area (Å²) in [7, 11) is -3.64. The monoisotopic (exact) mass is 415 g/mol. The zero-order valence-corrected chi connectivity index (χ0v) is 16.9. The van der Waals surface area contributed by atoms with Crippen LogP contribution in [0.5, 0.6) is 0 Å². The van der Waals surface area contributed by atoms with Crippen molar-refractivity contribution in [2.45, 2.75) is 25.3 Å². The fourth-order valence-corrected chi connectivity index (χ4v) is 4.41. The molecule has 1 amide bonds. The highest BCUT2D eigenvalue weighted by Gasteiger charge is 2.22. The Morgan fingerprint density at radius 1 is 1.10 bits per heavy atom. The van der Waals surface area contributed by atoms with Gasteiger partial charge in [-0.2, -0.15) is 4.31 Å². The molecule has 0 aliphatic heterocycles. The first kappa shape index (κ1) is 20.6. The highest BCUT2D eigenvalue weighted by molar-refractivity contribution is 7.89. The number of nitrogens with one attached hydrogen (secondary N) is 1. The maximum Gasteiger partial charge on any atom is 0.278 e. The van der Waals surface area contributed by atoms with Crippen molar-refractivity contribution >= 4 is 32.5 Å². The summed E-state index contributed by atoms with van der Waals surface area (Å²) in [5.74, 6) is -0.519. The minimum Gasteiger partial charge on any atom is -0.324 e. The standard InChI is InChI=1S/C19H21N5O4S/c1-3-23(4-2)29(27,28)15-9-7-8-14(12-15)20-18(25)13-24-19(26)16-10-5-6-11-17(16)21-22-24/h5-12H,3-4,13H2,1-2H3,(H,20,25). The topological polar surface area (TPSA) is 114 Å². The highest BCUT2D eigenvalue weighted by Crippen LogP contribution is 2.19. The molecule has 0 unspecified atom stereocenters. The molecule has 0 radical (unpaired) electrons. The molecule has 0 spiro atoms. The second kappa shape index (κ2) is 8.50. The Bertz CT molecular complexity index is 1200. The van der Waals surface area contributed by atoms with E-state index >= 15 is 0 Å². The van der Waals surface area contributed by atoms with Crippen molar-refractivity contribution in [3.05, 3.63) is 58.9 Å². The third kappa shape index (κ3) is 4.33. The molecule has 10 heteroatoms. The lowest BCUT2D eigenvalue weighted by molar-refractivity contribution is -0.117. The zero-order chi connectivity index (χ0) is 21.0. The van der Waals surface area contributed by atoms with E-state index in [4.69, 9.17) is 0 Å². The molecule has 0 saturated carbocycles. The second-order valence-corrected chi connectivity index (χ2v) is 8.17. The molecule has 9 nitrogen and oxygen atoms in total. The quantitative estimate of drug-likeness (QED) is 0.625. The molecule has 0 saturated heterocycles. The van der Waals surface area contributed by atoms with Gasteiger partial charge in [-0.3, -0.25) is 9.59 Å². The van der Waals surface area contributed by atoms with Crippen molar-refractivity contribution in [2.75, 3.05) is 18.4 Å². The molecule has 0 atom stereocenters. The molecule has 3 rings (SSSR count). The van der Waals surface area contributed by atoms with Gasteiger partial charge in [0.2, 0.25) is 15.9 Å². The van der Waals surface area contributed by atoms with Gasteiger partial charge in [0.25, 0.3) is 5.56 Å². The van der Waals surface area contributed by atoms with E-state index in [9.17, 15) is 18.0 Å². The van der Waals surface area contributed by atoms with Gasteiger partial charge in [0.1, 0.15) is 12.1 Å². The molecule has 1 aromatic heterocycles. The summed E-state index contributed by atoms with van der Waals surface area (Å²) in [5.41, 5.74) is 0.331. The van der Waals surface area contributed by atoms with Crippen molar-refractivity contribution in [1.29, 1.82) is 0 Å². The van der Waals surface area contributed by atoms with Gasteiger partial charge in [-0.25, -0.2) is 13.1 Å². The summed E-state index contributed by atoms with van der Waals surface area (Å²) in [5, 5.41) is 10.7. The van der Waals surface area contributed by atoms with Gasteiger partial charge >= 0.3 is 0 Å². The van der Waals surface area contributed by atoms with E-state index in [0.717, 1.165) is 4.68 Å². The molecule has 0 fully saturated rings. The fourth-order valence-electron chi connectivity index (χ4n) is 2.91. The Labute approximate surface area is 168 Å². The maximum atomic E-state index is 12.6. The van der Waals surface area contributed by atoms with Gasteiger partial charge in [0.05, 0.1) is 10.3 Å². The van der Waals surface area contributed by atoms with Gasteiger partial charge in [0.15, 0.2) is 0 Å². The lowest BCUT2D eigenvalue weighted by Crippen LogP contribution is -2.31. The number of hydrogen-bond acceptors (Lipinski definition) is 6. The number of aromatic nitrogens is 3. The number of nitrogens with zero attached hydrogens (tertiary/aromatic N) is 4. The zero-order valence-electron chi connectivity index (χ0n) is 16.1. The summed E-state index contributed by atoms with van der Waals surface area (Å²) < 4.78 is 27.6. The smallest absolute Gasteiger partial charge is 0.278 e. The van der Waals surface area contributed by atoms with Crippen LogP contribution >= 0.6 is 0 Å². The van der Waals surface area contributed by atoms with Crippen LogP contribution in [0.1, 0.15) is 13.8 Å². The number of sulfonamides is 1. The minimum absolute atomic E-state index is 0.0849. The minimum atomic E-state index is -3.64. The number of benzene rings is 2. The summed E-state index contributed by atoms with van der Waals surface area (Å²) in [6.07, 6.45) is 0. The van der Waals surface area contributed by atoms with E-state index < -0.39 is 21.5 Å². The van der Waals surface area contributed by atoms with Gasteiger partial charge in [-0.1, -0.05) is 37.3 Å². The second-order valence-electron chi connectivity index (χ2n) is 6.23. The molecule has 29 heavy (non-hydrogen) atoms. The third-order valence-electron chi connectivity index (χ3n) is 4.38. The van der Waals surface area contributed by atoms with Crippen LogP contribution in [0.15, 0.2) is 58.2 Å². The Hall–Kier alpha value is -3.11. The van der Waals surface area contributed by atoms with Gasteiger partial charge in [0, 0.05) is 18.8 Å². The van der Waals surface area contributed by atoms with Crippen molar-refractivity contribution in [1.82, 2.24) is 19.3 Å². The molecule has 3 aromatic rings. The number of carbonyl (C=O) groups excluding carboxylic acids is 1. The van der Waals surface area contributed by atoms with Crippen LogP contribution in [0.2, 0.25) is 0 Å². The SMILES string of the molecule is CCN(CC)S(=O)(=O)c1cccc(NC(=O)Cn2nnc3ccccc3c2=O)c1. The summed E-state index contributed by atoms with van der Waals surface area (Å²) in [4.78, 5) is 24.9. The average Bonchev–Trinajstić information content (AvgIpc) is 2.71. The lowest BCUT2D eigenvalue weighted by Gasteiger charge is -2.18. The van der Waals surface area contributed by atoms with E-state index in [0.29, 0.717) is 29.7 Å². The van der Waals surface area contributed by atoms with Crippen LogP contribution in [0.4, 0.5) is 5.69 Å². The first-order chi connectivity index (χ1) is 13.9. The summed E-state index contributed by atoms with van der Waals surface area (Å²) in [6.45, 7) is 3.87. The van der Waals surface area contributed by atoms with Crippen LogP contribution in [-0.2, 0) is 21.4 Å². The molecule has 0 bridgehead atoms. The molecule has 152 valence electrons. The van der Waals surface area contributed by atoms with Crippen molar-refractivity contribution in [2.24, 2.45) is 0 Å². The summed E-state index contributed by atoms with van der Waals surface area (Å²) >= 11 is 0. The Balaban J connectivity index is 1.80. The maximum absolute atomic E-state index is 12.6. The Morgan fingerprint density at radius 3 is 2.55 bits per heavy atom. The van der Waals surface area contributed by atoms with Crippen LogP contribution in [-0.4, -0.2) is 46.7 Å². The number of rotatable bonds is 7. The molecule has 1 N–H and O–H groups in total. The summed E-state index contributed by atoms with van der Waals surface area (Å²) in [6, 6.07) is 12.7. The number of amides is 1. The third-order valence-corrected chi connectivity index (χ3v) is 6.43. The van der Waals surface area contributed by atoms with E-state index in [2.05, 4.69) is 15.6 Å². The van der Waals surface area contributed by atoms with Crippen LogP contribution in [0.3, 0.4) is 0 Å². The molecule has 1 heterocycles. The largest absolute Gasteiger partial charge is 0.324 e. The van der Waals surface area contributed by atoms with E-state index in [1.165, 1.54) is 16.4 Å². The number of carbonyl (C=O) groups is 1. The first-order valence-corrected chi connectivity index (χ1v) is 10.5. The fraction of sp³-hybridized carbons (Fsp3) is 0.263.